The van der Waals surface area contributed by atoms with Crippen LogP contribution >= 0.6 is 0 Å². The first-order valence-electron chi connectivity index (χ1n) is 8.59. The molecule has 1 heterocycles. The Morgan fingerprint density at radius 2 is 1.72 bits per heavy atom. The zero-order chi connectivity index (χ0) is 17.8. The van der Waals surface area contributed by atoms with Gasteiger partial charge in [-0.2, -0.15) is 23.5 Å². The van der Waals surface area contributed by atoms with Gasteiger partial charge in [0.25, 0.3) is 0 Å². The lowest BCUT2D eigenvalue weighted by Crippen LogP contribution is -2.49. The van der Waals surface area contributed by atoms with Gasteiger partial charge in [-0.1, -0.05) is 56.6 Å². The minimum absolute atomic E-state index is 0.579. The van der Waals surface area contributed by atoms with Crippen LogP contribution in [0.4, 0.5) is 5.69 Å². The van der Waals surface area contributed by atoms with Gasteiger partial charge >= 0.3 is 0 Å². The molecule has 4 rings (SSSR count). The van der Waals surface area contributed by atoms with E-state index in [0.29, 0.717) is 5.71 Å². The third-order valence-corrected chi connectivity index (χ3v) is 8.88. The van der Waals surface area contributed by atoms with Gasteiger partial charge in [-0.25, -0.2) is 0 Å². The van der Waals surface area contributed by atoms with Gasteiger partial charge in [-0.3, -0.25) is 0 Å². The molecule has 2 aliphatic rings. The van der Waals surface area contributed by atoms with E-state index in [4.69, 9.17) is 11.1 Å². The second-order valence-corrected chi connectivity index (χ2v) is 11.7. The summed E-state index contributed by atoms with van der Waals surface area (Å²) in [4.78, 5) is 0. The molecule has 3 N–H and O–H groups in total. The van der Waals surface area contributed by atoms with Gasteiger partial charge in [0, 0.05) is 5.69 Å². The van der Waals surface area contributed by atoms with Crippen LogP contribution in [0.15, 0.2) is 71.5 Å². The van der Waals surface area contributed by atoms with Crippen molar-refractivity contribution < 1.29 is 0 Å². The van der Waals surface area contributed by atoms with E-state index in [0.717, 1.165) is 5.69 Å². The molecule has 1 aliphatic heterocycles. The fourth-order valence-corrected chi connectivity index (χ4v) is 7.11. The maximum absolute atomic E-state index is 8.14. The quantitative estimate of drug-likeness (QED) is 0.587. The molecular formula is C22H22N2Si-. The number of hydrogen-bond donors (Lipinski definition) is 2. The number of anilines is 1. The van der Waals surface area contributed by atoms with E-state index in [1.54, 1.807) is 0 Å². The molecule has 1 aliphatic carbocycles. The van der Waals surface area contributed by atoms with E-state index >= 15 is 0 Å². The van der Waals surface area contributed by atoms with Gasteiger partial charge in [0.1, 0.15) is 0 Å². The van der Waals surface area contributed by atoms with E-state index in [1.807, 2.05) is 12.1 Å². The van der Waals surface area contributed by atoms with Crippen LogP contribution in [0.25, 0.3) is 5.57 Å². The van der Waals surface area contributed by atoms with Gasteiger partial charge in [0.05, 0.1) is 5.71 Å². The van der Waals surface area contributed by atoms with Gasteiger partial charge in [0.2, 0.25) is 0 Å². The van der Waals surface area contributed by atoms with Crippen molar-refractivity contribution in [3.63, 3.8) is 0 Å². The summed E-state index contributed by atoms with van der Waals surface area (Å²) < 4.78 is 0. The molecule has 0 radical (unpaired) electrons. The van der Waals surface area contributed by atoms with Crippen molar-refractivity contribution in [2.75, 3.05) is 5.73 Å². The number of rotatable bonds is 1. The number of benzene rings is 2. The normalized spacial score (nSPS) is 17.9. The number of nitrogen functional groups attached to an aromatic ring is 1. The summed E-state index contributed by atoms with van der Waals surface area (Å²) in [5.74, 6) is 0. The molecule has 25 heavy (non-hydrogen) atoms. The Bertz CT molecular complexity index is 1010. The van der Waals surface area contributed by atoms with E-state index in [1.165, 1.54) is 38.2 Å². The second-order valence-electron chi connectivity index (χ2n) is 7.38. The molecule has 0 saturated carbocycles. The molecule has 3 heteroatoms. The Hall–Kier alpha value is -2.65. The van der Waals surface area contributed by atoms with Crippen molar-refractivity contribution in [2.45, 2.75) is 20.0 Å². The monoisotopic (exact) mass is 342 g/mol. The van der Waals surface area contributed by atoms with Gasteiger partial charge < -0.3 is 11.1 Å². The minimum atomic E-state index is -1.91. The summed E-state index contributed by atoms with van der Waals surface area (Å²) in [6.07, 6.45) is 6.10. The predicted octanol–water partition coefficient (Wildman–Crippen LogP) is 4.36. The van der Waals surface area contributed by atoms with Gasteiger partial charge in [-0.05, 0) is 46.9 Å². The van der Waals surface area contributed by atoms with Gasteiger partial charge in [-0.15, -0.1) is 0 Å². The Morgan fingerprint density at radius 1 is 0.960 bits per heavy atom. The molecule has 0 fully saturated rings. The van der Waals surface area contributed by atoms with Crippen LogP contribution in [0.3, 0.4) is 0 Å². The number of fused-ring (bicyclic) bond motifs is 2. The predicted molar refractivity (Wildman–Crippen MR) is 110 cm³/mol. The van der Waals surface area contributed by atoms with Crippen molar-refractivity contribution in [3.8, 4) is 0 Å². The molecule has 0 aromatic heterocycles. The van der Waals surface area contributed by atoms with Gasteiger partial charge in [0.15, 0.2) is 0 Å². The molecule has 2 aromatic carbocycles. The summed E-state index contributed by atoms with van der Waals surface area (Å²) >= 11 is 0. The van der Waals surface area contributed by atoms with Crippen molar-refractivity contribution in [3.05, 3.63) is 88.2 Å². The molecule has 2 nitrogen and oxygen atoms in total. The molecular weight excluding hydrogens is 320 g/mol. The standard InChI is InChI=1S/C22H22N2Si/c1-14-6-4-5-7-17(14)22-18-10-8-15(23)12-20(18)25(2,3)21-13-16(24)9-11-19(21)22/h4-13,23H,24H2,1-3H3/q-1. The molecule has 0 bridgehead atoms. The summed E-state index contributed by atoms with van der Waals surface area (Å²) in [7, 11) is -1.91. The van der Waals surface area contributed by atoms with Crippen LogP contribution in [-0.4, -0.2) is 13.8 Å². The fourth-order valence-electron chi connectivity index (χ4n) is 4.01. The highest BCUT2D eigenvalue weighted by Crippen LogP contribution is 2.42. The van der Waals surface area contributed by atoms with E-state index in [9.17, 15) is 0 Å². The van der Waals surface area contributed by atoms with Crippen molar-refractivity contribution in [1.82, 2.24) is 0 Å². The maximum Gasteiger partial charge on any atom is 0.0512 e. The smallest absolute Gasteiger partial charge is 0.0512 e. The van der Waals surface area contributed by atoms with Crippen molar-refractivity contribution >= 4 is 30.2 Å². The van der Waals surface area contributed by atoms with E-state index < -0.39 is 8.07 Å². The Balaban J connectivity index is 2.14. The van der Waals surface area contributed by atoms with Crippen molar-refractivity contribution in [1.29, 1.82) is 5.41 Å². The number of aryl methyl sites for hydroxylation is 1. The van der Waals surface area contributed by atoms with E-state index in [2.05, 4.69) is 68.6 Å². The average molecular weight is 343 g/mol. The van der Waals surface area contributed by atoms with E-state index in [-0.39, 0.29) is 0 Å². The summed E-state index contributed by atoms with van der Waals surface area (Å²) in [6, 6.07) is 14.9. The molecule has 0 saturated heterocycles. The number of hydrogen-bond acceptors (Lipinski definition) is 2. The molecule has 0 spiro atoms. The molecule has 0 unspecified atom stereocenters. The second kappa shape index (κ2) is 5.43. The first-order chi connectivity index (χ1) is 11.9. The average Bonchev–Trinajstić information content (AvgIpc) is 2.58. The zero-order valence-electron chi connectivity index (χ0n) is 14.9. The molecule has 0 atom stereocenters. The third kappa shape index (κ3) is 2.35. The van der Waals surface area contributed by atoms with Crippen LogP contribution in [-0.2, 0) is 0 Å². The Labute approximate surface area is 149 Å². The summed E-state index contributed by atoms with van der Waals surface area (Å²) in [6.45, 7) is 6.88. The van der Waals surface area contributed by atoms with Crippen LogP contribution in [0.5, 0.6) is 0 Å². The largest absolute Gasteiger partial charge is 0.399 e. The van der Waals surface area contributed by atoms with Crippen molar-refractivity contribution in [2.24, 2.45) is 0 Å². The lowest BCUT2D eigenvalue weighted by atomic mass is 9.88. The Morgan fingerprint density at radius 3 is 2.48 bits per heavy atom. The topological polar surface area (TPSA) is 49.9 Å². The SMILES string of the molecule is Cc1ccccc1C1=C2C=CC(=N)C=C2[Si-](C)(C)c2cc(N)ccc21. The molecule has 2 aromatic rings. The van der Waals surface area contributed by atoms with Crippen LogP contribution in [0.2, 0.25) is 13.1 Å². The highest BCUT2D eigenvalue weighted by Gasteiger charge is 2.30. The highest BCUT2D eigenvalue weighted by atomic mass is 28.3. The molecule has 125 valence electrons. The maximum atomic E-state index is 8.14. The minimum Gasteiger partial charge on any atom is -0.399 e. The highest BCUT2D eigenvalue weighted by molar-refractivity contribution is 6.98. The number of nitrogens with one attached hydrogen (secondary N) is 1. The molecule has 0 amide bonds. The number of nitrogens with two attached hydrogens (primary N) is 1. The number of allylic oxidation sites excluding steroid dienone is 5. The first-order valence-corrected chi connectivity index (χ1v) is 11.6. The first kappa shape index (κ1) is 15.9. The Kier molecular flexibility index (Phi) is 3.44. The van der Waals surface area contributed by atoms with Crippen LogP contribution < -0.4 is 10.9 Å². The van der Waals surface area contributed by atoms with Crippen LogP contribution in [0.1, 0.15) is 16.7 Å². The fraction of sp³-hybridized carbons (Fsp3) is 0.136. The third-order valence-electron chi connectivity index (χ3n) is 5.36. The summed E-state index contributed by atoms with van der Waals surface area (Å²) in [5, 5.41) is 10.8. The lowest BCUT2D eigenvalue weighted by molar-refractivity contribution is 1.38. The van der Waals surface area contributed by atoms with Crippen LogP contribution in [0, 0.1) is 12.3 Å². The summed E-state index contributed by atoms with van der Waals surface area (Å²) in [5.41, 5.74) is 13.9. The zero-order valence-corrected chi connectivity index (χ0v) is 15.9. The lowest BCUT2D eigenvalue weighted by Gasteiger charge is -2.47.